The highest BCUT2D eigenvalue weighted by atomic mass is 19.3. The van der Waals surface area contributed by atoms with Crippen LogP contribution in [-0.4, -0.2) is 37.6 Å². The SMILES string of the molecule is COc1cc(NC(=O)/C=C/c2ccc(OC(F)F)c(OC)c2)ccc1NC(=O)c1cccnc1. The summed E-state index contributed by atoms with van der Waals surface area (Å²) >= 11 is 0. The fourth-order valence-electron chi connectivity index (χ4n) is 2.90. The van der Waals surface area contributed by atoms with Crippen LogP contribution in [0.5, 0.6) is 17.2 Å². The first kappa shape index (κ1) is 24.2. The smallest absolute Gasteiger partial charge is 0.387 e. The van der Waals surface area contributed by atoms with Crippen LogP contribution in [0, 0.1) is 0 Å². The number of anilines is 2. The van der Waals surface area contributed by atoms with Crippen LogP contribution in [0.15, 0.2) is 67.0 Å². The molecule has 0 aliphatic heterocycles. The van der Waals surface area contributed by atoms with E-state index in [0.717, 1.165) is 0 Å². The zero-order chi connectivity index (χ0) is 24.5. The summed E-state index contributed by atoms with van der Waals surface area (Å²) in [4.78, 5) is 28.6. The second kappa shape index (κ2) is 11.4. The summed E-state index contributed by atoms with van der Waals surface area (Å²) in [5.41, 5.74) is 1.78. The molecule has 0 aliphatic carbocycles. The van der Waals surface area contributed by atoms with Crippen molar-refractivity contribution in [2.45, 2.75) is 6.61 Å². The van der Waals surface area contributed by atoms with Gasteiger partial charge in [0.05, 0.1) is 25.5 Å². The molecule has 0 aliphatic rings. The summed E-state index contributed by atoms with van der Waals surface area (Å²) in [6, 6.07) is 12.3. The molecule has 0 saturated carbocycles. The monoisotopic (exact) mass is 469 g/mol. The second-order valence-electron chi connectivity index (χ2n) is 6.72. The predicted octanol–water partition coefficient (Wildman–Crippen LogP) is 4.60. The lowest BCUT2D eigenvalue weighted by Gasteiger charge is -2.12. The number of nitrogens with zero attached hydrogens (tertiary/aromatic N) is 1. The molecule has 3 aromatic rings. The van der Waals surface area contributed by atoms with Crippen LogP contribution in [0.4, 0.5) is 20.2 Å². The van der Waals surface area contributed by atoms with Crippen molar-refractivity contribution in [2.75, 3.05) is 24.9 Å². The van der Waals surface area contributed by atoms with Crippen molar-refractivity contribution in [3.63, 3.8) is 0 Å². The van der Waals surface area contributed by atoms with Crippen LogP contribution in [0.1, 0.15) is 15.9 Å². The van der Waals surface area contributed by atoms with E-state index in [1.807, 2.05) is 0 Å². The average molecular weight is 469 g/mol. The Morgan fingerprint density at radius 2 is 1.76 bits per heavy atom. The van der Waals surface area contributed by atoms with Gasteiger partial charge in [-0.25, -0.2) is 0 Å². The number of hydrogen-bond acceptors (Lipinski definition) is 6. The van der Waals surface area contributed by atoms with Gasteiger partial charge in [-0.3, -0.25) is 14.6 Å². The molecule has 1 heterocycles. The third-order valence-corrected chi connectivity index (χ3v) is 4.47. The topological polar surface area (TPSA) is 98.8 Å². The van der Waals surface area contributed by atoms with Gasteiger partial charge in [-0.05, 0) is 48.0 Å². The minimum atomic E-state index is -2.98. The largest absolute Gasteiger partial charge is 0.494 e. The fourth-order valence-corrected chi connectivity index (χ4v) is 2.90. The predicted molar refractivity (Wildman–Crippen MR) is 122 cm³/mol. The number of amides is 2. The highest BCUT2D eigenvalue weighted by Crippen LogP contribution is 2.30. The standard InChI is InChI=1S/C24H21F2N3O5/c1-32-20-13-17(7-8-18(20)29-23(31)16-4-3-11-27-14-16)28-22(30)10-6-15-5-9-19(34-24(25)26)21(12-15)33-2/h3-14,24H,1-2H3,(H,28,30)(H,29,31)/b10-6+. The van der Waals surface area contributed by atoms with Crippen LogP contribution in [-0.2, 0) is 4.79 Å². The Bertz CT molecular complexity index is 1190. The number of rotatable bonds is 9. The number of carbonyl (C=O) groups excluding carboxylic acids is 2. The lowest BCUT2D eigenvalue weighted by Crippen LogP contribution is -2.13. The number of aromatic nitrogens is 1. The number of hydrogen-bond donors (Lipinski definition) is 2. The second-order valence-corrected chi connectivity index (χ2v) is 6.72. The molecule has 10 heteroatoms. The summed E-state index contributed by atoms with van der Waals surface area (Å²) in [5, 5.41) is 5.41. The van der Waals surface area contributed by atoms with Crippen molar-refractivity contribution in [1.82, 2.24) is 4.98 Å². The number of benzene rings is 2. The molecule has 0 unspecified atom stereocenters. The van der Waals surface area contributed by atoms with E-state index < -0.39 is 12.5 Å². The summed E-state index contributed by atoms with van der Waals surface area (Å²) in [5.74, 6) is -0.454. The molecular formula is C24H21F2N3O5. The number of carbonyl (C=O) groups is 2. The quantitative estimate of drug-likeness (QED) is 0.445. The van der Waals surface area contributed by atoms with Crippen LogP contribution in [0.25, 0.3) is 6.08 Å². The Kier molecular flexibility index (Phi) is 8.11. The van der Waals surface area contributed by atoms with Gasteiger partial charge in [0, 0.05) is 30.2 Å². The van der Waals surface area contributed by atoms with Crippen molar-refractivity contribution in [2.24, 2.45) is 0 Å². The third kappa shape index (κ3) is 6.52. The Hall–Kier alpha value is -4.47. The first-order valence-corrected chi connectivity index (χ1v) is 9.91. The van der Waals surface area contributed by atoms with Gasteiger partial charge in [-0.1, -0.05) is 6.07 Å². The normalized spacial score (nSPS) is 10.7. The molecule has 2 amide bonds. The van der Waals surface area contributed by atoms with Crippen molar-refractivity contribution in [1.29, 1.82) is 0 Å². The summed E-state index contributed by atoms with van der Waals surface area (Å²) in [6.45, 7) is -2.98. The molecule has 0 bridgehead atoms. The van der Waals surface area contributed by atoms with Gasteiger partial charge in [0.25, 0.3) is 5.91 Å². The molecule has 1 aromatic heterocycles. The summed E-state index contributed by atoms with van der Waals surface area (Å²) < 4.78 is 39.6. The zero-order valence-electron chi connectivity index (χ0n) is 18.2. The first-order chi connectivity index (χ1) is 16.4. The zero-order valence-corrected chi connectivity index (χ0v) is 18.2. The maximum absolute atomic E-state index is 12.4. The van der Waals surface area contributed by atoms with E-state index in [2.05, 4.69) is 20.4 Å². The molecule has 34 heavy (non-hydrogen) atoms. The lowest BCUT2D eigenvalue weighted by atomic mass is 10.2. The number of halogens is 2. The molecule has 0 saturated heterocycles. The fraction of sp³-hybridized carbons (Fsp3) is 0.125. The molecule has 0 fully saturated rings. The average Bonchev–Trinajstić information content (AvgIpc) is 2.84. The molecule has 3 rings (SSSR count). The number of nitrogens with one attached hydrogen (secondary N) is 2. The number of ether oxygens (including phenoxy) is 3. The Balaban J connectivity index is 1.66. The maximum Gasteiger partial charge on any atom is 0.387 e. The van der Waals surface area contributed by atoms with Crippen LogP contribution < -0.4 is 24.8 Å². The van der Waals surface area contributed by atoms with Gasteiger partial charge in [0.1, 0.15) is 5.75 Å². The first-order valence-electron chi connectivity index (χ1n) is 9.91. The van der Waals surface area contributed by atoms with Gasteiger partial charge in [0.2, 0.25) is 5.91 Å². The minimum absolute atomic E-state index is 0.108. The summed E-state index contributed by atoms with van der Waals surface area (Å²) in [7, 11) is 2.76. The van der Waals surface area contributed by atoms with E-state index in [-0.39, 0.29) is 17.4 Å². The van der Waals surface area contributed by atoms with Crippen molar-refractivity contribution in [3.8, 4) is 17.2 Å². The Labute approximate surface area is 194 Å². The van der Waals surface area contributed by atoms with Gasteiger partial charge >= 0.3 is 6.61 Å². The third-order valence-electron chi connectivity index (χ3n) is 4.47. The van der Waals surface area contributed by atoms with Crippen LogP contribution in [0.2, 0.25) is 0 Å². The molecule has 0 radical (unpaired) electrons. The van der Waals surface area contributed by atoms with Gasteiger partial charge < -0.3 is 24.8 Å². The van der Waals surface area contributed by atoms with Gasteiger partial charge in [-0.2, -0.15) is 8.78 Å². The molecule has 8 nitrogen and oxygen atoms in total. The molecule has 0 atom stereocenters. The van der Waals surface area contributed by atoms with E-state index >= 15 is 0 Å². The Morgan fingerprint density at radius 3 is 2.44 bits per heavy atom. The lowest BCUT2D eigenvalue weighted by molar-refractivity contribution is -0.111. The van der Waals surface area contributed by atoms with E-state index in [4.69, 9.17) is 9.47 Å². The maximum atomic E-state index is 12.4. The molecule has 2 N–H and O–H groups in total. The minimum Gasteiger partial charge on any atom is -0.494 e. The van der Waals surface area contributed by atoms with Crippen molar-refractivity contribution in [3.05, 3.63) is 78.1 Å². The van der Waals surface area contributed by atoms with Crippen LogP contribution >= 0.6 is 0 Å². The van der Waals surface area contributed by atoms with Crippen LogP contribution in [0.3, 0.4) is 0 Å². The number of pyridine rings is 1. The molecular weight excluding hydrogens is 448 g/mol. The Morgan fingerprint density at radius 1 is 0.971 bits per heavy atom. The summed E-state index contributed by atoms with van der Waals surface area (Å²) in [6.07, 6.45) is 5.77. The van der Waals surface area contributed by atoms with E-state index in [1.165, 1.54) is 50.8 Å². The molecule has 2 aromatic carbocycles. The van der Waals surface area contributed by atoms with Crippen molar-refractivity contribution < 1.29 is 32.6 Å². The molecule has 0 spiro atoms. The highest BCUT2D eigenvalue weighted by molar-refractivity contribution is 6.05. The van der Waals surface area contributed by atoms with Crippen molar-refractivity contribution >= 4 is 29.3 Å². The van der Waals surface area contributed by atoms with Gasteiger partial charge in [-0.15, -0.1) is 0 Å². The molecule has 176 valence electrons. The van der Waals surface area contributed by atoms with E-state index in [1.54, 1.807) is 36.5 Å². The van der Waals surface area contributed by atoms with E-state index in [9.17, 15) is 18.4 Å². The van der Waals surface area contributed by atoms with Gasteiger partial charge in [0.15, 0.2) is 11.5 Å². The van der Waals surface area contributed by atoms with E-state index in [0.29, 0.717) is 28.3 Å². The number of alkyl halides is 2. The number of methoxy groups -OCH3 is 2. The highest BCUT2D eigenvalue weighted by Gasteiger charge is 2.12.